The fraction of sp³-hybridized carbons (Fsp3) is 0.429. The van der Waals surface area contributed by atoms with Crippen molar-refractivity contribution in [2.45, 2.75) is 50.4 Å². The van der Waals surface area contributed by atoms with Crippen LogP contribution in [0.5, 0.6) is 0 Å². The molecule has 2 heterocycles. The molecule has 4 nitrogen and oxygen atoms in total. The Balaban J connectivity index is 0.00000205. The van der Waals surface area contributed by atoms with E-state index in [4.69, 9.17) is 5.73 Å². The number of carbonyl (C=O) groups excluding carboxylic acids is 1. The van der Waals surface area contributed by atoms with Gasteiger partial charge in [-0.2, -0.15) is 5.10 Å². The van der Waals surface area contributed by atoms with Gasteiger partial charge in [0.15, 0.2) is 0 Å². The van der Waals surface area contributed by atoms with Crippen LogP contribution in [0.3, 0.4) is 0 Å². The topological polar surface area (TPSA) is 58.7 Å². The molecule has 1 spiro atoms. The molecule has 0 saturated heterocycles. The predicted molar refractivity (Wildman–Crippen MR) is 114 cm³/mol. The molecule has 2 aliphatic carbocycles. The van der Waals surface area contributed by atoms with Gasteiger partial charge < -0.3 is 5.73 Å². The number of benzene rings is 1. The number of hydrogen-bond acceptors (Lipinski definition) is 5. The number of nitrogens with two attached hydrogens (primary N) is 1. The fourth-order valence-electron chi connectivity index (χ4n) is 4.02. The van der Waals surface area contributed by atoms with Gasteiger partial charge in [0.2, 0.25) is 0 Å². The van der Waals surface area contributed by atoms with E-state index in [0.29, 0.717) is 11.5 Å². The molecule has 0 bridgehead atoms. The van der Waals surface area contributed by atoms with Crippen LogP contribution in [0.2, 0.25) is 0 Å². The minimum absolute atomic E-state index is 0. The number of thioether (sulfide) groups is 1. The zero-order valence-electron chi connectivity index (χ0n) is 15.0. The summed E-state index contributed by atoms with van der Waals surface area (Å²) in [5, 5.41) is 8.35. The van der Waals surface area contributed by atoms with E-state index in [-0.39, 0.29) is 24.8 Å². The molecule has 2 N–H and O–H groups in total. The molecule has 1 unspecified atom stereocenters. The van der Waals surface area contributed by atoms with Gasteiger partial charge in [-0.05, 0) is 67.7 Å². The van der Waals surface area contributed by atoms with Crippen molar-refractivity contribution in [3.05, 3.63) is 57.3 Å². The summed E-state index contributed by atoms with van der Waals surface area (Å²) in [4.78, 5) is 13.8. The van der Waals surface area contributed by atoms with Crippen molar-refractivity contribution in [3.8, 4) is 0 Å². The number of thiophene rings is 1. The summed E-state index contributed by atoms with van der Waals surface area (Å²) >= 11 is 3.00. The molecule has 3 aliphatic rings. The summed E-state index contributed by atoms with van der Waals surface area (Å²) in [6.07, 6.45) is 4.45. The van der Waals surface area contributed by atoms with Crippen LogP contribution in [0.25, 0.3) is 0 Å². The third-order valence-electron chi connectivity index (χ3n) is 5.67. The van der Waals surface area contributed by atoms with Crippen LogP contribution >= 0.6 is 23.1 Å². The Hall–Kier alpha value is -1.77. The Kier molecular flexibility index (Phi) is 5.29. The Morgan fingerprint density at radius 1 is 1.31 bits per heavy atom. The van der Waals surface area contributed by atoms with Gasteiger partial charge >= 0.3 is 0 Å². The van der Waals surface area contributed by atoms with Gasteiger partial charge in [-0.3, -0.25) is 4.79 Å². The smallest absolute Gasteiger partial charge is 0.261 e. The number of aryl methyl sites for hydroxylation is 1. The molecule has 1 aromatic heterocycles. The first-order chi connectivity index (χ1) is 13.5. The highest BCUT2D eigenvalue weighted by Gasteiger charge is 2.53. The van der Waals surface area contributed by atoms with Crippen LogP contribution in [-0.4, -0.2) is 22.0 Å². The van der Waals surface area contributed by atoms with Crippen molar-refractivity contribution >= 4 is 34.0 Å². The molecule has 2 aromatic rings. The van der Waals surface area contributed by atoms with Crippen molar-refractivity contribution in [2.24, 2.45) is 16.8 Å². The summed E-state index contributed by atoms with van der Waals surface area (Å²) in [7, 11) is 0. The maximum Gasteiger partial charge on any atom is 0.261 e. The maximum absolute atomic E-state index is 14.5. The van der Waals surface area contributed by atoms with Crippen molar-refractivity contribution in [2.75, 3.05) is 0 Å². The lowest BCUT2D eigenvalue weighted by Crippen LogP contribution is -2.50. The number of amides is 1. The minimum Gasteiger partial charge on any atom is -0.320 e. The second-order valence-electron chi connectivity index (χ2n) is 7.54. The highest BCUT2D eigenvalue weighted by molar-refractivity contribution is 8.15. The van der Waals surface area contributed by atoms with E-state index < -0.39 is 22.5 Å². The summed E-state index contributed by atoms with van der Waals surface area (Å²) in [5.74, 6) is -1.14. The van der Waals surface area contributed by atoms with Crippen LogP contribution in [0.4, 0.5) is 8.78 Å². The van der Waals surface area contributed by atoms with Crippen LogP contribution < -0.4 is 5.73 Å². The molecule has 0 radical (unpaired) electrons. The Bertz CT molecular complexity index is 988. The third kappa shape index (κ3) is 3.31. The van der Waals surface area contributed by atoms with Gasteiger partial charge in [0.25, 0.3) is 5.91 Å². The van der Waals surface area contributed by atoms with Crippen LogP contribution in [0.1, 0.15) is 49.1 Å². The molecule has 154 valence electrons. The normalized spacial score (nSPS) is 24.1. The van der Waals surface area contributed by atoms with Gasteiger partial charge in [-0.1, -0.05) is 19.2 Å². The number of fused-ring (bicyclic) bond motifs is 2. The first-order valence-corrected chi connectivity index (χ1v) is 11.1. The zero-order chi connectivity index (χ0) is 19.5. The Morgan fingerprint density at radius 2 is 2.10 bits per heavy atom. The third-order valence-corrected chi connectivity index (χ3v) is 8.08. The molecule has 1 aromatic carbocycles. The second kappa shape index (κ2) is 7.49. The highest BCUT2D eigenvalue weighted by Crippen LogP contribution is 2.55. The standard InChI is InChI=1S/C20H19F2N3OS2.CH4/c21-12-5-6-15(22)13(10-12)18-24-25(19(26)17(23)11-3-4-11)20(28-18)8-1-2-16-14(20)7-9-27-16;/h5-7,9-11,17H,1-4,8,23H2;1H4/t17-,20?;/m0./s1. The lowest BCUT2D eigenvalue weighted by atomic mass is 9.92. The Morgan fingerprint density at radius 3 is 2.86 bits per heavy atom. The van der Waals surface area contributed by atoms with Gasteiger partial charge in [-0.15, -0.1) is 11.3 Å². The second-order valence-corrected chi connectivity index (χ2v) is 9.81. The van der Waals surface area contributed by atoms with Gasteiger partial charge in [-0.25, -0.2) is 13.8 Å². The zero-order valence-corrected chi connectivity index (χ0v) is 16.7. The lowest BCUT2D eigenvalue weighted by molar-refractivity contribution is -0.137. The quantitative estimate of drug-likeness (QED) is 0.752. The minimum atomic E-state index is -0.731. The molecule has 1 amide bonds. The largest absolute Gasteiger partial charge is 0.320 e. The Labute approximate surface area is 177 Å². The first-order valence-electron chi connectivity index (χ1n) is 9.39. The molecule has 1 aliphatic heterocycles. The number of rotatable bonds is 3. The van der Waals surface area contributed by atoms with Gasteiger partial charge in [0.05, 0.1) is 6.04 Å². The van der Waals surface area contributed by atoms with Crippen LogP contribution in [0.15, 0.2) is 34.7 Å². The first kappa shape index (κ1) is 20.5. The molecular formula is C21H23F2N3OS2. The summed E-state index contributed by atoms with van der Waals surface area (Å²) in [6.45, 7) is 0. The molecule has 1 saturated carbocycles. The number of carbonyl (C=O) groups is 1. The van der Waals surface area contributed by atoms with E-state index in [1.165, 1.54) is 21.6 Å². The number of hydrazone groups is 1. The molecule has 5 rings (SSSR count). The maximum atomic E-state index is 14.5. The van der Waals surface area contributed by atoms with E-state index in [1.807, 2.05) is 11.4 Å². The molecule has 29 heavy (non-hydrogen) atoms. The monoisotopic (exact) mass is 435 g/mol. The summed E-state index contributed by atoms with van der Waals surface area (Å²) in [5.41, 5.74) is 7.35. The van der Waals surface area contributed by atoms with Crippen molar-refractivity contribution in [1.82, 2.24) is 5.01 Å². The van der Waals surface area contributed by atoms with E-state index in [2.05, 4.69) is 5.10 Å². The van der Waals surface area contributed by atoms with E-state index in [0.717, 1.165) is 49.4 Å². The summed E-state index contributed by atoms with van der Waals surface area (Å²) < 4.78 is 28.2. The SMILES string of the molecule is C.N[C@H](C(=O)N1N=C(c2cc(F)ccc2F)SC12CCCc1sccc12)C1CC1. The average molecular weight is 436 g/mol. The fourth-order valence-corrected chi connectivity index (χ4v) is 6.56. The predicted octanol–water partition coefficient (Wildman–Crippen LogP) is 4.83. The van der Waals surface area contributed by atoms with Gasteiger partial charge in [0, 0.05) is 16.0 Å². The van der Waals surface area contributed by atoms with Crippen molar-refractivity contribution < 1.29 is 13.6 Å². The average Bonchev–Trinajstić information content (AvgIpc) is 3.30. The van der Waals surface area contributed by atoms with Crippen LogP contribution in [0, 0.1) is 17.6 Å². The molecule has 2 atom stereocenters. The van der Waals surface area contributed by atoms with Gasteiger partial charge in [0.1, 0.15) is 21.5 Å². The molecule has 1 fully saturated rings. The van der Waals surface area contributed by atoms with Crippen molar-refractivity contribution in [3.63, 3.8) is 0 Å². The van der Waals surface area contributed by atoms with E-state index in [1.54, 1.807) is 11.3 Å². The lowest BCUT2D eigenvalue weighted by Gasteiger charge is -2.39. The number of hydrogen-bond donors (Lipinski definition) is 1. The molecule has 8 heteroatoms. The van der Waals surface area contributed by atoms with Crippen LogP contribution in [-0.2, 0) is 16.1 Å². The summed E-state index contributed by atoms with van der Waals surface area (Å²) in [6, 6.07) is 4.73. The van der Waals surface area contributed by atoms with E-state index >= 15 is 0 Å². The molecular weight excluding hydrogens is 412 g/mol. The van der Waals surface area contributed by atoms with E-state index in [9.17, 15) is 13.6 Å². The van der Waals surface area contributed by atoms with Crippen molar-refractivity contribution in [1.29, 1.82) is 0 Å². The highest BCUT2D eigenvalue weighted by atomic mass is 32.2. The number of halogens is 2. The number of nitrogens with zero attached hydrogens (tertiary/aromatic N) is 2.